The number of hydrogen-bond acceptors (Lipinski definition) is 3. The van der Waals surface area contributed by atoms with E-state index in [1.165, 1.54) is 28.8 Å². The van der Waals surface area contributed by atoms with Gasteiger partial charge in [-0.1, -0.05) is 41.2 Å². The third-order valence-corrected chi connectivity index (χ3v) is 4.32. The molecule has 3 rings (SSSR count). The largest absolute Gasteiger partial charge is 0.325 e. The first-order chi connectivity index (χ1) is 11.5. The Morgan fingerprint density at radius 2 is 1.79 bits per heavy atom. The molecule has 0 atom stereocenters. The van der Waals surface area contributed by atoms with Crippen LogP contribution in [0.15, 0.2) is 58.7 Å². The first-order valence-electron chi connectivity index (χ1n) is 7.34. The number of benzene rings is 2. The molecule has 0 radical (unpaired) electrons. The molecule has 0 aliphatic carbocycles. The molecule has 0 aliphatic heterocycles. The third-order valence-electron chi connectivity index (χ3n) is 3.56. The highest BCUT2D eigenvalue weighted by molar-refractivity contribution is 7.07. The molecular weight excluding hydrogens is 327 g/mol. The fourth-order valence-electron chi connectivity index (χ4n) is 2.31. The molecule has 4 nitrogen and oxygen atoms in total. The second kappa shape index (κ2) is 6.80. The van der Waals surface area contributed by atoms with E-state index in [1.807, 2.05) is 31.2 Å². The molecule has 0 bridgehead atoms. The molecule has 0 spiro atoms. The molecule has 0 saturated carbocycles. The number of aryl methyl sites for hydroxylation is 1. The molecule has 1 heterocycles. The average Bonchev–Trinajstić information content (AvgIpc) is 2.91. The van der Waals surface area contributed by atoms with Gasteiger partial charge >= 0.3 is 4.87 Å². The number of carbonyl (C=O) groups excluding carboxylic acids is 1. The van der Waals surface area contributed by atoms with Crippen molar-refractivity contribution < 1.29 is 9.18 Å². The minimum absolute atomic E-state index is 0.0943. The van der Waals surface area contributed by atoms with Crippen LogP contribution in [0, 0.1) is 12.7 Å². The summed E-state index contributed by atoms with van der Waals surface area (Å²) < 4.78 is 14.3. The number of nitrogens with one attached hydrogen (secondary N) is 1. The number of thiazole rings is 1. The molecule has 1 aromatic heterocycles. The summed E-state index contributed by atoms with van der Waals surface area (Å²) in [6, 6.07) is 13.3. The molecule has 0 saturated heterocycles. The van der Waals surface area contributed by atoms with Gasteiger partial charge in [0, 0.05) is 11.1 Å². The maximum atomic E-state index is 12.9. The van der Waals surface area contributed by atoms with Crippen LogP contribution in [0.2, 0.25) is 0 Å². The zero-order chi connectivity index (χ0) is 17.1. The van der Waals surface area contributed by atoms with Crippen LogP contribution >= 0.6 is 11.3 Å². The minimum Gasteiger partial charge on any atom is -0.325 e. The van der Waals surface area contributed by atoms with E-state index >= 15 is 0 Å². The van der Waals surface area contributed by atoms with Crippen LogP contribution in [0.4, 0.5) is 10.1 Å². The van der Waals surface area contributed by atoms with Gasteiger partial charge < -0.3 is 5.32 Å². The lowest BCUT2D eigenvalue weighted by atomic mass is 10.1. The van der Waals surface area contributed by atoms with Crippen LogP contribution in [0.5, 0.6) is 0 Å². The lowest BCUT2D eigenvalue weighted by molar-refractivity contribution is -0.116. The predicted octanol–water partition coefficient (Wildman–Crippen LogP) is 3.66. The standard InChI is InChI=1S/C18H15FN2O2S/c1-12-2-4-13(5-3-12)16-11-24-18(23)21(16)10-17(22)20-15-8-6-14(19)7-9-15/h2-9,11H,10H2,1H3,(H,20,22). The summed E-state index contributed by atoms with van der Waals surface area (Å²) in [5.74, 6) is -0.709. The molecule has 1 N–H and O–H groups in total. The van der Waals surface area contributed by atoms with Crippen LogP contribution in [-0.4, -0.2) is 10.5 Å². The number of carbonyl (C=O) groups is 1. The van der Waals surface area contributed by atoms with Gasteiger partial charge in [-0.3, -0.25) is 14.2 Å². The summed E-state index contributed by atoms with van der Waals surface area (Å²) in [6.07, 6.45) is 0. The number of nitrogens with zero attached hydrogens (tertiary/aromatic N) is 1. The molecule has 0 aliphatic rings. The lowest BCUT2D eigenvalue weighted by Crippen LogP contribution is -2.25. The predicted molar refractivity (Wildman–Crippen MR) is 93.8 cm³/mol. The Morgan fingerprint density at radius 1 is 1.12 bits per heavy atom. The van der Waals surface area contributed by atoms with Crippen molar-refractivity contribution in [2.75, 3.05) is 5.32 Å². The third kappa shape index (κ3) is 3.60. The maximum absolute atomic E-state index is 12.9. The zero-order valence-corrected chi connectivity index (χ0v) is 13.8. The van der Waals surface area contributed by atoms with Gasteiger partial charge in [-0.25, -0.2) is 4.39 Å². The van der Waals surface area contributed by atoms with Gasteiger partial charge in [0.15, 0.2) is 0 Å². The molecule has 122 valence electrons. The molecule has 3 aromatic rings. The number of aromatic nitrogens is 1. The SMILES string of the molecule is Cc1ccc(-c2csc(=O)n2CC(=O)Nc2ccc(F)cc2)cc1. The Bertz CT molecular complexity index is 911. The van der Waals surface area contributed by atoms with Crippen molar-refractivity contribution in [2.24, 2.45) is 0 Å². The van der Waals surface area contributed by atoms with Gasteiger partial charge in [0.25, 0.3) is 0 Å². The minimum atomic E-state index is -0.372. The van der Waals surface area contributed by atoms with Crippen molar-refractivity contribution in [3.63, 3.8) is 0 Å². The number of hydrogen-bond donors (Lipinski definition) is 1. The Morgan fingerprint density at radius 3 is 2.46 bits per heavy atom. The molecule has 24 heavy (non-hydrogen) atoms. The summed E-state index contributed by atoms with van der Waals surface area (Å²) in [6.45, 7) is 1.89. The van der Waals surface area contributed by atoms with Crippen molar-refractivity contribution >= 4 is 22.9 Å². The number of anilines is 1. The van der Waals surface area contributed by atoms with E-state index in [0.29, 0.717) is 11.4 Å². The second-order valence-corrected chi connectivity index (χ2v) is 6.21. The summed E-state index contributed by atoms with van der Waals surface area (Å²) >= 11 is 1.06. The Hall–Kier alpha value is -2.73. The topological polar surface area (TPSA) is 51.1 Å². The van der Waals surface area contributed by atoms with Crippen LogP contribution in [-0.2, 0) is 11.3 Å². The Balaban J connectivity index is 1.81. The number of amides is 1. The van der Waals surface area contributed by atoms with Crippen molar-refractivity contribution in [1.82, 2.24) is 4.57 Å². The van der Waals surface area contributed by atoms with Crippen molar-refractivity contribution in [3.05, 3.63) is 75.0 Å². The van der Waals surface area contributed by atoms with Gasteiger partial charge in [-0.2, -0.15) is 0 Å². The summed E-state index contributed by atoms with van der Waals surface area (Å²) in [5.41, 5.74) is 3.20. The molecule has 1 amide bonds. The van der Waals surface area contributed by atoms with Crippen LogP contribution in [0.1, 0.15) is 5.56 Å². The fourth-order valence-corrected chi connectivity index (χ4v) is 3.07. The quantitative estimate of drug-likeness (QED) is 0.787. The summed E-state index contributed by atoms with van der Waals surface area (Å²) in [7, 11) is 0. The molecule has 0 unspecified atom stereocenters. The van der Waals surface area contributed by atoms with E-state index in [2.05, 4.69) is 5.32 Å². The summed E-state index contributed by atoms with van der Waals surface area (Å²) in [5, 5.41) is 4.41. The van der Waals surface area contributed by atoms with Gasteiger partial charge in [0.2, 0.25) is 5.91 Å². The van der Waals surface area contributed by atoms with Gasteiger partial charge in [-0.15, -0.1) is 0 Å². The normalized spacial score (nSPS) is 10.6. The first-order valence-corrected chi connectivity index (χ1v) is 8.22. The Labute approximate surface area is 142 Å². The number of halogens is 1. The van der Waals surface area contributed by atoms with E-state index < -0.39 is 0 Å². The fraction of sp³-hybridized carbons (Fsp3) is 0.111. The molecule has 6 heteroatoms. The highest BCUT2D eigenvalue weighted by atomic mass is 32.1. The van der Waals surface area contributed by atoms with Crippen molar-refractivity contribution in [1.29, 1.82) is 0 Å². The molecule has 2 aromatic carbocycles. The van der Waals surface area contributed by atoms with E-state index in [0.717, 1.165) is 22.5 Å². The zero-order valence-electron chi connectivity index (χ0n) is 13.0. The van der Waals surface area contributed by atoms with Gasteiger partial charge in [-0.05, 0) is 36.8 Å². The van der Waals surface area contributed by atoms with Crippen LogP contribution < -0.4 is 10.2 Å². The number of rotatable bonds is 4. The van der Waals surface area contributed by atoms with E-state index in [-0.39, 0.29) is 23.1 Å². The van der Waals surface area contributed by atoms with Crippen LogP contribution in [0.25, 0.3) is 11.3 Å². The first kappa shape index (κ1) is 16.1. The van der Waals surface area contributed by atoms with Crippen LogP contribution in [0.3, 0.4) is 0 Å². The smallest absolute Gasteiger partial charge is 0.308 e. The summed E-state index contributed by atoms with van der Waals surface area (Å²) in [4.78, 5) is 24.1. The van der Waals surface area contributed by atoms with Crippen molar-refractivity contribution in [2.45, 2.75) is 13.5 Å². The van der Waals surface area contributed by atoms with E-state index in [4.69, 9.17) is 0 Å². The highest BCUT2D eigenvalue weighted by Gasteiger charge is 2.13. The van der Waals surface area contributed by atoms with E-state index in [9.17, 15) is 14.0 Å². The van der Waals surface area contributed by atoms with Gasteiger partial charge in [0.1, 0.15) is 12.4 Å². The van der Waals surface area contributed by atoms with Gasteiger partial charge in [0.05, 0.1) is 5.69 Å². The average molecular weight is 342 g/mol. The second-order valence-electron chi connectivity index (χ2n) is 5.39. The highest BCUT2D eigenvalue weighted by Crippen LogP contribution is 2.20. The van der Waals surface area contributed by atoms with Crippen molar-refractivity contribution in [3.8, 4) is 11.3 Å². The Kier molecular flexibility index (Phi) is 4.57. The molecule has 0 fully saturated rings. The maximum Gasteiger partial charge on any atom is 0.308 e. The van der Waals surface area contributed by atoms with E-state index in [1.54, 1.807) is 5.38 Å². The molecular formula is C18H15FN2O2S. The lowest BCUT2D eigenvalue weighted by Gasteiger charge is -2.09. The monoisotopic (exact) mass is 342 g/mol.